The molecule has 0 spiro atoms. The van der Waals surface area contributed by atoms with Crippen molar-refractivity contribution in [2.75, 3.05) is 31.5 Å². The lowest BCUT2D eigenvalue weighted by atomic mass is 10.1. The van der Waals surface area contributed by atoms with E-state index in [1.165, 1.54) is 0 Å². The highest BCUT2D eigenvalue weighted by Crippen LogP contribution is 2.26. The lowest BCUT2D eigenvalue weighted by Gasteiger charge is -2.24. The van der Waals surface area contributed by atoms with Gasteiger partial charge in [-0.3, -0.25) is 0 Å². The van der Waals surface area contributed by atoms with Gasteiger partial charge in [0.05, 0.1) is 39.5 Å². The molecule has 0 saturated carbocycles. The van der Waals surface area contributed by atoms with Crippen LogP contribution in [0, 0.1) is 18.3 Å². The molecular formula is C34H34N6O3. The summed E-state index contributed by atoms with van der Waals surface area (Å²) in [6.07, 6.45) is 0. The minimum absolute atomic E-state index is 0.437. The van der Waals surface area contributed by atoms with Crippen molar-refractivity contribution in [3.8, 4) is 23.3 Å². The Balaban J connectivity index is 1.55. The standard InChI is InChI=1S/C34H34N6O3/c1-24-17-28(20-35)19-29(18-24)36-33-37-34(40(38-33)23-27-9-15-32(43-4)16-10-27)39(21-25-5-11-30(41-2)12-6-25)22-26-7-13-31(42-3)14-8-26/h5-19H,21-23H2,1-4H3,(H,36,38). The van der Waals surface area contributed by atoms with E-state index in [2.05, 4.69) is 40.6 Å². The van der Waals surface area contributed by atoms with Gasteiger partial charge < -0.3 is 24.4 Å². The number of methoxy groups -OCH3 is 3. The molecule has 43 heavy (non-hydrogen) atoms. The molecule has 0 radical (unpaired) electrons. The zero-order chi connectivity index (χ0) is 30.2. The predicted molar refractivity (Wildman–Crippen MR) is 167 cm³/mol. The molecule has 1 N–H and O–H groups in total. The Hall–Kier alpha value is -5.49. The second-order valence-electron chi connectivity index (χ2n) is 10.1. The van der Waals surface area contributed by atoms with E-state index in [4.69, 9.17) is 24.3 Å². The van der Waals surface area contributed by atoms with Crippen molar-refractivity contribution in [2.45, 2.75) is 26.6 Å². The molecule has 0 atom stereocenters. The first-order valence-electron chi connectivity index (χ1n) is 13.8. The van der Waals surface area contributed by atoms with Crippen LogP contribution in [0.1, 0.15) is 27.8 Å². The van der Waals surface area contributed by atoms with Crippen LogP contribution in [0.25, 0.3) is 0 Å². The Morgan fingerprint density at radius 1 is 0.744 bits per heavy atom. The van der Waals surface area contributed by atoms with E-state index in [1.807, 2.05) is 72.3 Å². The minimum Gasteiger partial charge on any atom is -0.497 e. The van der Waals surface area contributed by atoms with Crippen molar-refractivity contribution in [1.82, 2.24) is 14.8 Å². The molecule has 0 aliphatic rings. The van der Waals surface area contributed by atoms with Gasteiger partial charge in [0, 0.05) is 18.8 Å². The van der Waals surface area contributed by atoms with Gasteiger partial charge >= 0.3 is 0 Å². The topological polar surface area (TPSA) is 97.5 Å². The van der Waals surface area contributed by atoms with Crippen molar-refractivity contribution in [3.05, 3.63) is 119 Å². The molecule has 1 aromatic heterocycles. The maximum Gasteiger partial charge on any atom is 0.248 e. The summed E-state index contributed by atoms with van der Waals surface area (Å²) in [5.41, 5.74) is 5.54. The molecule has 218 valence electrons. The van der Waals surface area contributed by atoms with Crippen LogP contribution >= 0.6 is 0 Å². The third-order valence-corrected chi connectivity index (χ3v) is 6.95. The fourth-order valence-electron chi connectivity index (χ4n) is 4.78. The molecule has 5 aromatic rings. The molecule has 1 heterocycles. The van der Waals surface area contributed by atoms with Crippen molar-refractivity contribution < 1.29 is 14.2 Å². The number of aryl methyl sites for hydroxylation is 1. The van der Waals surface area contributed by atoms with E-state index >= 15 is 0 Å². The van der Waals surface area contributed by atoms with Crippen molar-refractivity contribution in [3.63, 3.8) is 0 Å². The highest BCUT2D eigenvalue weighted by Gasteiger charge is 2.19. The summed E-state index contributed by atoms with van der Waals surface area (Å²) in [7, 11) is 4.98. The summed E-state index contributed by atoms with van der Waals surface area (Å²) in [6.45, 7) is 3.62. The number of nitriles is 1. The van der Waals surface area contributed by atoms with Crippen molar-refractivity contribution >= 4 is 17.6 Å². The largest absolute Gasteiger partial charge is 0.497 e. The molecule has 0 amide bonds. The number of nitrogens with one attached hydrogen (secondary N) is 1. The number of anilines is 3. The quantitative estimate of drug-likeness (QED) is 0.181. The normalized spacial score (nSPS) is 10.6. The Kier molecular flexibility index (Phi) is 9.08. The second kappa shape index (κ2) is 13.4. The fraction of sp³-hybridized carbons (Fsp3) is 0.206. The van der Waals surface area contributed by atoms with E-state index in [-0.39, 0.29) is 0 Å². The first-order valence-corrected chi connectivity index (χ1v) is 13.8. The summed E-state index contributed by atoms with van der Waals surface area (Å²) in [5, 5.41) is 17.7. The van der Waals surface area contributed by atoms with Crippen molar-refractivity contribution in [1.29, 1.82) is 5.26 Å². The molecule has 0 aliphatic carbocycles. The van der Waals surface area contributed by atoms with Gasteiger partial charge in [-0.1, -0.05) is 36.4 Å². The van der Waals surface area contributed by atoms with Gasteiger partial charge in [-0.25, -0.2) is 4.68 Å². The monoisotopic (exact) mass is 574 g/mol. The zero-order valence-electron chi connectivity index (χ0n) is 24.7. The highest BCUT2D eigenvalue weighted by molar-refractivity contribution is 5.59. The van der Waals surface area contributed by atoms with Crippen LogP contribution in [0.2, 0.25) is 0 Å². The first-order chi connectivity index (χ1) is 21.0. The average Bonchev–Trinajstić information content (AvgIpc) is 3.43. The number of aromatic nitrogens is 3. The van der Waals surface area contributed by atoms with E-state index in [9.17, 15) is 5.26 Å². The molecule has 4 aromatic carbocycles. The summed E-state index contributed by atoms with van der Waals surface area (Å²) < 4.78 is 18.0. The molecule has 9 heteroatoms. The second-order valence-corrected chi connectivity index (χ2v) is 10.1. The zero-order valence-corrected chi connectivity index (χ0v) is 24.7. The van der Waals surface area contributed by atoms with Gasteiger partial charge in [-0.05, 0) is 83.8 Å². The number of hydrogen-bond donors (Lipinski definition) is 1. The molecule has 0 fully saturated rings. The fourth-order valence-corrected chi connectivity index (χ4v) is 4.78. The van der Waals surface area contributed by atoms with Gasteiger partial charge in [0.15, 0.2) is 0 Å². The Labute approximate surface area is 251 Å². The van der Waals surface area contributed by atoms with Crippen LogP contribution in [-0.2, 0) is 19.6 Å². The van der Waals surface area contributed by atoms with E-state index < -0.39 is 0 Å². The third kappa shape index (κ3) is 7.43. The number of ether oxygens (including phenoxy) is 3. The number of hydrogen-bond acceptors (Lipinski definition) is 8. The number of nitrogens with zero attached hydrogens (tertiary/aromatic N) is 5. The molecule has 0 aliphatic heterocycles. The van der Waals surface area contributed by atoms with Gasteiger partial charge in [-0.2, -0.15) is 10.2 Å². The molecule has 0 saturated heterocycles. The minimum atomic E-state index is 0.437. The third-order valence-electron chi connectivity index (χ3n) is 6.95. The Morgan fingerprint density at radius 2 is 1.26 bits per heavy atom. The van der Waals surface area contributed by atoms with Gasteiger partial charge in [0.1, 0.15) is 17.2 Å². The maximum absolute atomic E-state index is 9.48. The smallest absolute Gasteiger partial charge is 0.248 e. The first kappa shape index (κ1) is 29.0. The van der Waals surface area contributed by atoms with Crippen molar-refractivity contribution in [2.24, 2.45) is 0 Å². The SMILES string of the molecule is COc1ccc(CN(Cc2ccc(OC)cc2)c2nc(Nc3cc(C)cc(C#N)c3)nn2Cc2ccc(OC)cc2)cc1. The Morgan fingerprint density at radius 3 is 1.74 bits per heavy atom. The molecular weight excluding hydrogens is 540 g/mol. The van der Waals surface area contributed by atoms with Crippen LogP contribution in [0.5, 0.6) is 17.2 Å². The lowest BCUT2D eigenvalue weighted by molar-refractivity contribution is 0.414. The summed E-state index contributed by atoms with van der Waals surface area (Å²) >= 11 is 0. The lowest BCUT2D eigenvalue weighted by Crippen LogP contribution is -2.26. The molecule has 5 rings (SSSR count). The van der Waals surface area contributed by atoms with Gasteiger partial charge in [0.2, 0.25) is 11.9 Å². The van der Waals surface area contributed by atoms with Crippen LogP contribution in [0.4, 0.5) is 17.6 Å². The van der Waals surface area contributed by atoms with Gasteiger partial charge in [0.25, 0.3) is 0 Å². The van der Waals surface area contributed by atoms with Crippen LogP contribution in [0.3, 0.4) is 0 Å². The molecule has 0 unspecified atom stereocenters. The predicted octanol–water partition coefficient (Wildman–Crippen LogP) is 6.48. The Bertz CT molecular complexity index is 1640. The van der Waals surface area contributed by atoms with E-state index in [0.717, 1.165) is 45.2 Å². The average molecular weight is 575 g/mol. The maximum atomic E-state index is 9.48. The molecule has 0 bridgehead atoms. The summed E-state index contributed by atoms with van der Waals surface area (Å²) in [5.74, 6) is 3.52. The molecule has 9 nitrogen and oxygen atoms in total. The van der Waals surface area contributed by atoms with Crippen LogP contribution in [0.15, 0.2) is 91.0 Å². The van der Waals surface area contributed by atoms with Gasteiger partial charge in [-0.15, -0.1) is 5.10 Å². The highest BCUT2D eigenvalue weighted by atomic mass is 16.5. The summed E-state index contributed by atoms with van der Waals surface area (Å²) in [4.78, 5) is 7.19. The van der Waals surface area contributed by atoms with E-state index in [1.54, 1.807) is 27.4 Å². The van der Waals surface area contributed by atoms with Crippen LogP contribution in [-0.4, -0.2) is 36.1 Å². The number of rotatable bonds is 12. The van der Waals surface area contributed by atoms with Crippen LogP contribution < -0.4 is 24.4 Å². The van der Waals surface area contributed by atoms with E-state index in [0.29, 0.717) is 37.1 Å². The number of benzene rings is 4. The summed E-state index contributed by atoms with van der Waals surface area (Å²) in [6, 6.07) is 31.8.